The number of anilines is 1. The number of methoxy groups -OCH3 is 3. The molecule has 0 spiro atoms. The van der Waals surface area contributed by atoms with Gasteiger partial charge in [-0.25, -0.2) is 4.79 Å². The molecule has 0 aliphatic heterocycles. The van der Waals surface area contributed by atoms with Crippen molar-refractivity contribution >= 4 is 58.4 Å². The highest BCUT2D eigenvalue weighted by Gasteiger charge is 2.12. The highest BCUT2D eigenvalue weighted by Crippen LogP contribution is 2.35. The summed E-state index contributed by atoms with van der Waals surface area (Å²) < 4.78 is 20.6. The minimum atomic E-state index is -0.734. The fraction of sp³-hybridized carbons (Fsp3) is 0.200. The molecule has 0 aliphatic rings. The van der Waals surface area contributed by atoms with Gasteiger partial charge in [-0.2, -0.15) is 0 Å². The maximum Gasteiger partial charge on any atom is 0.331 e. The maximum atomic E-state index is 12.0. The normalized spacial score (nSPS) is 10.6. The van der Waals surface area contributed by atoms with Gasteiger partial charge in [0.25, 0.3) is 5.91 Å². The molecule has 0 aliphatic carbocycles. The second-order valence-corrected chi connectivity index (χ2v) is 6.91. The quantitative estimate of drug-likeness (QED) is 0.334. The molecule has 7 nitrogen and oxygen atoms in total. The third kappa shape index (κ3) is 6.19. The van der Waals surface area contributed by atoms with E-state index in [4.69, 9.17) is 53.8 Å². The molecule has 160 valence electrons. The number of esters is 1. The van der Waals surface area contributed by atoms with E-state index in [0.717, 1.165) is 6.08 Å². The van der Waals surface area contributed by atoms with Gasteiger partial charge in [-0.05, 0) is 24.3 Å². The molecule has 0 heterocycles. The molecule has 0 saturated heterocycles. The number of carbonyl (C=O) groups is 2. The summed E-state index contributed by atoms with van der Waals surface area (Å²) in [6.45, 7) is -0.525. The molecule has 2 aromatic carbocycles. The number of hydrogen-bond donors (Lipinski definition) is 1. The molecule has 0 radical (unpaired) electrons. The molecule has 0 atom stereocenters. The van der Waals surface area contributed by atoms with Crippen molar-refractivity contribution in [3.8, 4) is 17.2 Å². The lowest BCUT2D eigenvalue weighted by Crippen LogP contribution is -2.20. The minimum absolute atomic E-state index is 0.199. The van der Waals surface area contributed by atoms with Crippen LogP contribution in [0.5, 0.6) is 17.2 Å². The third-order valence-electron chi connectivity index (χ3n) is 3.76. The largest absolute Gasteiger partial charge is 0.496 e. The van der Waals surface area contributed by atoms with E-state index in [9.17, 15) is 9.59 Å². The topological polar surface area (TPSA) is 83.1 Å². The Labute approximate surface area is 188 Å². The van der Waals surface area contributed by atoms with Crippen LogP contribution in [0.15, 0.2) is 30.3 Å². The van der Waals surface area contributed by atoms with Crippen molar-refractivity contribution < 1.29 is 28.5 Å². The van der Waals surface area contributed by atoms with Crippen LogP contribution in [-0.2, 0) is 14.3 Å². The SMILES string of the molecule is COc1cc(OC)c(OC)cc1/C=C/C(=O)OCC(=O)Nc1cc(Cl)c(Cl)cc1Cl. The van der Waals surface area contributed by atoms with Crippen molar-refractivity contribution in [3.63, 3.8) is 0 Å². The predicted octanol–water partition coefficient (Wildman–Crippen LogP) is 4.87. The Bertz CT molecular complexity index is 977. The first-order valence-corrected chi connectivity index (χ1v) is 9.51. The third-order valence-corrected chi connectivity index (χ3v) is 4.80. The lowest BCUT2D eigenvalue weighted by atomic mass is 10.1. The lowest BCUT2D eigenvalue weighted by molar-refractivity contribution is -0.142. The molecular formula is C20H18Cl3NO6. The van der Waals surface area contributed by atoms with Crippen molar-refractivity contribution in [1.29, 1.82) is 0 Å². The van der Waals surface area contributed by atoms with E-state index in [1.807, 2.05) is 0 Å². The van der Waals surface area contributed by atoms with Gasteiger partial charge < -0.3 is 24.3 Å². The number of ether oxygens (including phenoxy) is 4. The van der Waals surface area contributed by atoms with Crippen LogP contribution >= 0.6 is 34.8 Å². The van der Waals surface area contributed by atoms with Crippen molar-refractivity contribution in [3.05, 3.63) is 51.0 Å². The molecule has 2 aromatic rings. The van der Waals surface area contributed by atoms with Gasteiger partial charge in [0.05, 0.1) is 42.1 Å². The van der Waals surface area contributed by atoms with Gasteiger partial charge in [0.15, 0.2) is 18.1 Å². The average Bonchev–Trinajstić information content (AvgIpc) is 2.73. The zero-order chi connectivity index (χ0) is 22.3. The van der Waals surface area contributed by atoms with Gasteiger partial charge in [0.1, 0.15) is 5.75 Å². The summed E-state index contributed by atoms with van der Waals surface area (Å²) in [6, 6.07) is 6.06. The fourth-order valence-electron chi connectivity index (χ4n) is 2.33. The number of halogens is 3. The Kier molecular flexibility index (Phi) is 8.65. The smallest absolute Gasteiger partial charge is 0.331 e. The number of benzene rings is 2. The molecule has 10 heteroatoms. The molecule has 1 N–H and O–H groups in total. The molecule has 0 aromatic heterocycles. The van der Waals surface area contributed by atoms with Gasteiger partial charge in [-0.3, -0.25) is 4.79 Å². The van der Waals surface area contributed by atoms with Crippen LogP contribution < -0.4 is 19.5 Å². The molecular weight excluding hydrogens is 457 g/mol. The summed E-state index contributed by atoms with van der Waals surface area (Å²) in [5.74, 6) is 0.0718. The first-order chi connectivity index (χ1) is 14.3. The maximum absolute atomic E-state index is 12.0. The van der Waals surface area contributed by atoms with Crippen LogP contribution in [-0.4, -0.2) is 39.8 Å². The number of hydrogen-bond acceptors (Lipinski definition) is 6. The minimum Gasteiger partial charge on any atom is -0.496 e. The molecule has 1 amide bonds. The van der Waals surface area contributed by atoms with E-state index in [-0.39, 0.29) is 20.8 Å². The molecule has 0 unspecified atom stereocenters. The number of rotatable bonds is 8. The zero-order valence-corrected chi connectivity index (χ0v) is 18.5. The van der Waals surface area contributed by atoms with E-state index in [1.165, 1.54) is 39.5 Å². The summed E-state index contributed by atoms with van der Waals surface area (Å²) in [6.07, 6.45) is 2.63. The second kappa shape index (κ2) is 11.0. The van der Waals surface area contributed by atoms with Crippen molar-refractivity contribution in [2.45, 2.75) is 0 Å². The van der Waals surface area contributed by atoms with E-state index in [2.05, 4.69) is 5.32 Å². The first-order valence-electron chi connectivity index (χ1n) is 8.38. The van der Waals surface area contributed by atoms with E-state index >= 15 is 0 Å². The van der Waals surface area contributed by atoms with Crippen molar-refractivity contribution in [2.75, 3.05) is 33.3 Å². The summed E-state index contributed by atoms with van der Waals surface area (Å²) in [5, 5.41) is 3.16. The molecule has 0 fully saturated rings. The molecule has 0 saturated carbocycles. The summed E-state index contributed by atoms with van der Waals surface area (Å²) in [5.41, 5.74) is 0.803. The van der Waals surface area contributed by atoms with Crippen LogP contribution in [0.25, 0.3) is 6.08 Å². The fourth-order valence-corrected chi connectivity index (χ4v) is 2.92. The number of amides is 1. The number of carbonyl (C=O) groups excluding carboxylic acids is 2. The Morgan fingerprint density at radius 3 is 2.10 bits per heavy atom. The van der Waals surface area contributed by atoms with Gasteiger partial charge >= 0.3 is 5.97 Å². The standard InChI is InChI=1S/C20H18Cl3NO6/c1-27-16-9-18(29-3)17(28-2)6-11(16)4-5-20(26)30-10-19(25)24-15-8-13(22)12(21)7-14(15)23/h4-9H,10H2,1-3H3,(H,24,25)/b5-4+. The highest BCUT2D eigenvalue weighted by atomic mass is 35.5. The Balaban J connectivity index is 2.00. The number of nitrogens with one attached hydrogen (secondary N) is 1. The van der Waals surface area contributed by atoms with Crippen molar-refractivity contribution in [2.24, 2.45) is 0 Å². The lowest BCUT2D eigenvalue weighted by Gasteiger charge is -2.12. The first kappa shape index (κ1) is 23.7. The zero-order valence-electron chi connectivity index (χ0n) is 16.3. The monoisotopic (exact) mass is 473 g/mol. The van der Waals surface area contributed by atoms with Crippen molar-refractivity contribution in [1.82, 2.24) is 0 Å². The summed E-state index contributed by atoms with van der Waals surface area (Å²) >= 11 is 17.7. The molecule has 0 bridgehead atoms. The van der Waals surface area contributed by atoms with E-state index < -0.39 is 18.5 Å². The Hall–Kier alpha value is -2.61. The van der Waals surface area contributed by atoms with E-state index in [1.54, 1.807) is 12.1 Å². The van der Waals surface area contributed by atoms with Gasteiger partial charge in [0.2, 0.25) is 0 Å². The van der Waals surface area contributed by atoms with Crippen LogP contribution in [0, 0.1) is 0 Å². The van der Waals surface area contributed by atoms with E-state index in [0.29, 0.717) is 22.8 Å². The van der Waals surface area contributed by atoms with Gasteiger partial charge in [-0.1, -0.05) is 34.8 Å². The summed E-state index contributed by atoms with van der Waals surface area (Å²) in [4.78, 5) is 24.0. The Morgan fingerprint density at radius 1 is 0.867 bits per heavy atom. The van der Waals surface area contributed by atoms with Gasteiger partial charge in [0, 0.05) is 17.7 Å². The molecule has 30 heavy (non-hydrogen) atoms. The summed E-state index contributed by atoms with van der Waals surface area (Å²) in [7, 11) is 4.47. The molecule has 2 rings (SSSR count). The van der Waals surface area contributed by atoms with Crippen LogP contribution in [0.3, 0.4) is 0 Å². The van der Waals surface area contributed by atoms with Crippen LogP contribution in [0.4, 0.5) is 5.69 Å². The van der Waals surface area contributed by atoms with Crippen LogP contribution in [0.1, 0.15) is 5.56 Å². The highest BCUT2D eigenvalue weighted by molar-refractivity contribution is 6.44. The second-order valence-electron chi connectivity index (χ2n) is 5.68. The average molecular weight is 475 g/mol. The van der Waals surface area contributed by atoms with Gasteiger partial charge in [-0.15, -0.1) is 0 Å². The Morgan fingerprint density at radius 2 is 1.47 bits per heavy atom. The van der Waals surface area contributed by atoms with Crippen LogP contribution in [0.2, 0.25) is 15.1 Å². The predicted molar refractivity (Wildman–Crippen MR) is 116 cm³/mol.